The zero-order valence-corrected chi connectivity index (χ0v) is 18.9. The van der Waals surface area contributed by atoms with Gasteiger partial charge in [-0.05, 0) is 35.7 Å². The number of imide groups is 1. The molecule has 0 aromatic heterocycles. The summed E-state index contributed by atoms with van der Waals surface area (Å²) in [6.45, 7) is 0.558. The fraction of sp³-hybridized carbons (Fsp3) is 0.167. The van der Waals surface area contributed by atoms with Crippen molar-refractivity contribution in [3.63, 3.8) is 0 Å². The number of benzene rings is 3. The van der Waals surface area contributed by atoms with Crippen LogP contribution in [0.5, 0.6) is 5.75 Å². The molecule has 158 valence electrons. The summed E-state index contributed by atoms with van der Waals surface area (Å²) in [7, 11) is 0. The smallest absolute Gasteiger partial charge is 0.325 e. The van der Waals surface area contributed by atoms with E-state index in [4.69, 9.17) is 16.3 Å². The summed E-state index contributed by atoms with van der Waals surface area (Å²) >= 11 is 9.53. The van der Waals surface area contributed by atoms with Crippen LogP contribution < -0.4 is 10.1 Å². The van der Waals surface area contributed by atoms with Crippen molar-refractivity contribution in [2.75, 3.05) is 13.2 Å². The van der Waals surface area contributed by atoms with Gasteiger partial charge in [0.15, 0.2) is 5.54 Å². The monoisotopic (exact) mass is 498 g/mol. The Labute approximate surface area is 194 Å². The van der Waals surface area contributed by atoms with Crippen LogP contribution in [0.2, 0.25) is 5.02 Å². The molecule has 0 spiro atoms. The van der Waals surface area contributed by atoms with Crippen LogP contribution in [0.1, 0.15) is 17.5 Å². The summed E-state index contributed by atoms with van der Waals surface area (Å²) in [6.07, 6.45) is 0.477. The number of hydrogen-bond acceptors (Lipinski definition) is 3. The third-order valence-corrected chi connectivity index (χ3v) is 5.99. The minimum absolute atomic E-state index is 0.236. The predicted octanol–water partition coefficient (Wildman–Crippen LogP) is 5.37. The Balaban J connectivity index is 1.51. The number of carbonyl (C=O) groups excluding carboxylic acids is 2. The number of rotatable bonds is 7. The maximum atomic E-state index is 13.6. The molecule has 31 heavy (non-hydrogen) atoms. The molecular weight excluding hydrogens is 480 g/mol. The van der Waals surface area contributed by atoms with E-state index in [0.717, 1.165) is 15.6 Å². The van der Waals surface area contributed by atoms with Gasteiger partial charge in [-0.25, -0.2) is 4.79 Å². The number of amides is 3. The van der Waals surface area contributed by atoms with Crippen molar-refractivity contribution < 1.29 is 14.3 Å². The van der Waals surface area contributed by atoms with Gasteiger partial charge in [0, 0.05) is 11.0 Å². The second-order valence-corrected chi connectivity index (χ2v) is 8.47. The Kier molecular flexibility index (Phi) is 6.30. The van der Waals surface area contributed by atoms with Crippen molar-refractivity contribution in [3.8, 4) is 5.75 Å². The number of nitrogens with one attached hydrogen (secondary N) is 1. The van der Waals surface area contributed by atoms with E-state index in [9.17, 15) is 9.59 Å². The highest BCUT2D eigenvalue weighted by Gasteiger charge is 2.53. The fourth-order valence-corrected chi connectivity index (χ4v) is 4.44. The average Bonchev–Trinajstić information content (AvgIpc) is 3.04. The third-order valence-electron chi connectivity index (χ3n) is 5.20. The Morgan fingerprint density at radius 1 is 0.935 bits per heavy atom. The lowest BCUT2D eigenvalue weighted by Crippen LogP contribution is -2.45. The van der Waals surface area contributed by atoms with Gasteiger partial charge in [0.2, 0.25) is 0 Å². The molecule has 5 nitrogen and oxygen atoms in total. The van der Waals surface area contributed by atoms with Crippen LogP contribution >= 0.6 is 27.5 Å². The molecular formula is C24H20BrClN2O3. The lowest BCUT2D eigenvalue weighted by Gasteiger charge is -2.28. The van der Waals surface area contributed by atoms with Crippen LogP contribution in [0, 0.1) is 0 Å². The maximum absolute atomic E-state index is 13.6. The van der Waals surface area contributed by atoms with E-state index in [-0.39, 0.29) is 12.5 Å². The maximum Gasteiger partial charge on any atom is 0.325 e. The van der Waals surface area contributed by atoms with E-state index in [1.165, 1.54) is 4.90 Å². The molecule has 3 aromatic rings. The largest absolute Gasteiger partial charge is 0.492 e. The van der Waals surface area contributed by atoms with Gasteiger partial charge in [0.05, 0.1) is 11.6 Å². The van der Waals surface area contributed by atoms with Crippen molar-refractivity contribution in [2.24, 2.45) is 0 Å². The molecule has 0 saturated carbocycles. The molecule has 0 radical (unpaired) electrons. The highest BCUT2D eigenvalue weighted by Crippen LogP contribution is 2.36. The van der Waals surface area contributed by atoms with Crippen molar-refractivity contribution >= 4 is 39.5 Å². The van der Waals surface area contributed by atoms with Crippen LogP contribution in [0.15, 0.2) is 83.3 Å². The van der Waals surface area contributed by atoms with Gasteiger partial charge in [-0.2, -0.15) is 0 Å². The van der Waals surface area contributed by atoms with E-state index in [0.29, 0.717) is 23.8 Å². The standard InChI is InChI=1S/C24H20BrClN2O3/c25-19-12-13-21(20(26)16-19)31-15-7-14-28-22(29)24(27-23(28)30,17-8-3-1-4-9-17)18-10-5-2-6-11-18/h1-6,8-13,16H,7,14-15H2,(H,27,30). The van der Waals surface area contributed by atoms with Crippen LogP contribution in [0.4, 0.5) is 4.79 Å². The summed E-state index contributed by atoms with van der Waals surface area (Å²) in [5.41, 5.74) is 0.204. The molecule has 4 rings (SSSR count). The fourth-order valence-electron chi connectivity index (χ4n) is 3.71. The number of ether oxygens (including phenoxy) is 1. The first-order chi connectivity index (χ1) is 15.0. The number of hydrogen-bond donors (Lipinski definition) is 1. The Bertz CT molecular complexity index is 1050. The second-order valence-electron chi connectivity index (χ2n) is 7.15. The summed E-state index contributed by atoms with van der Waals surface area (Å²) in [4.78, 5) is 27.7. The van der Waals surface area contributed by atoms with Gasteiger partial charge in [-0.1, -0.05) is 88.2 Å². The predicted molar refractivity (Wildman–Crippen MR) is 123 cm³/mol. The van der Waals surface area contributed by atoms with Gasteiger partial charge in [-0.15, -0.1) is 0 Å². The first-order valence-electron chi connectivity index (χ1n) is 9.85. The minimum Gasteiger partial charge on any atom is -0.492 e. The molecule has 3 amide bonds. The first-order valence-corrected chi connectivity index (χ1v) is 11.0. The second kappa shape index (κ2) is 9.12. The van der Waals surface area contributed by atoms with Crippen molar-refractivity contribution in [1.29, 1.82) is 0 Å². The van der Waals surface area contributed by atoms with Crippen molar-refractivity contribution in [1.82, 2.24) is 10.2 Å². The van der Waals surface area contributed by atoms with E-state index < -0.39 is 11.6 Å². The molecule has 1 aliphatic heterocycles. The minimum atomic E-state index is -1.24. The van der Waals surface area contributed by atoms with Gasteiger partial charge >= 0.3 is 6.03 Å². The molecule has 1 N–H and O–H groups in total. The Morgan fingerprint density at radius 3 is 2.13 bits per heavy atom. The quantitative estimate of drug-likeness (QED) is 0.351. The molecule has 1 fully saturated rings. The van der Waals surface area contributed by atoms with Crippen LogP contribution in [0.3, 0.4) is 0 Å². The SMILES string of the molecule is O=C1NC(c2ccccc2)(c2ccccc2)C(=O)N1CCCOc1ccc(Br)cc1Cl. The van der Waals surface area contributed by atoms with E-state index in [1.54, 1.807) is 12.1 Å². The van der Waals surface area contributed by atoms with Gasteiger partial charge in [0.1, 0.15) is 5.75 Å². The third kappa shape index (κ3) is 4.18. The number of carbonyl (C=O) groups is 2. The molecule has 0 aliphatic carbocycles. The highest BCUT2D eigenvalue weighted by atomic mass is 79.9. The molecule has 0 bridgehead atoms. The summed E-state index contributed by atoms with van der Waals surface area (Å²) in [6, 6.07) is 23.6. The zero-order valence-electron chi connectivity index (χ0n) is 16.6. The molecule has 1 heterocycles. The molecule has 1 aliphatic rings. The summed E-state index contributed by atoms with van der Waals surface area (Å²) in [5.74, 6) is 0.265. The average molecular weight is 500 g/mol. The summed E-state index contributed by atoms with van der Waals surface area (Å²) in [5, 5.41) is 3.44. The highest BCUT2D eigenvalue weighted by molar-refractivity contribution is 9.10. The molecule has 3 aromatic carbocycles. The van der Waals surface area contributed by atoms with Crippen LogP contribution in [-0.4, -0.2) is 30.0 Å². The lowest BCUT2D eigenvalue weighted by molar-refractivity contribution is -0.130. The number of halogens is 2. The Morgan fingerprint density at radius 2 is 1.55 bits per heavy atom. The normalized spacial score (nSPS) is 15.1. The van der Waals surface area contributed by atoms with Gasteiger partial charge in [0.25, 0.3) is 5.91 Å². The summed E-state index contributed by atoms with van der Waals surface area (Å²) < 4.78 is 6.58. The van der Waals surface area contributed by atoms with E-state index in [2.05, 4.69) is 21.2 Å². The van der Waals surface area contributed by atoms with E-state index >= 15 is 0 Å². The van der Waals surface area contributed by atoms with E-state index in [1.807, 2.05) is 66.7 Å². The van der Waals surface area contributed by atoms with Gasteiger partial charge < -0.3 is 10.1 Å². The van der Waals surface area contributed by atoms with Crippen molar-refractivity contribution in [3.05, 3.63) is 99.5 Å². The first kappa shape index (κ1) is 21.4. The van der Waals surface area contributed by atoms with Crippen molar-refractivity contribution in [2.45, 2.75) is 12.0 Å². The molecule has 0 atom stereocenters. The molecule has 0 unspecified atom stereocenters. The molecule has 7 heteroatoms. The number of urea groups is 1. The van der Waals surface area contributed by atoms with Gasteiger partial charge in [-0.3, -0.25) is 9.69 Å². The topological polar surface area (TPSA) is 58.6 Å². The Hall–Kier alpha value is -2.83. The number of nitrogens with zero attached hydrogens (tertiary/aromatic N) is 1. The lowest BCUT2D eigenvalue weighted by atomic mass is 9.82. The zero-order chi connectivity index (χ0) is 21.8. The van der Waals surface area contributed by atoms with Crippen LogP contribution in [0.25, 0.3) is 0 Å². The van der Waals surface area contributed by atoms with Crippen LogP contribution in [-0.2, 0) is 10.3 Å². The molecule has 1 saturated heterocycles.